The van der Waals surface area contributed by atoms with Gasteiger partial charge in [0.2, 0.25) is 5.91 Å². The van der Waals surface area contributed by atoms with E-state index in [1.165, 1.54) is 0 Å². The van der Waals surface area contributed by atoms with Gasteiger partial charge in [0.15, 0.2) is 0 Å². The third kappa shape index (κ3) is 5.42. The lowest BCUT2D eigenvalue weighted by Crippen LogP contribution is -2.33. The molecule has 5 heteroatoms. The van der Waals surface area contributed by atoms with Crippen molar-refractivity contribution < 1.29 is 9.53 Å². The SMILES string of the molecule is COC(CN)CC(=O)NCCc1ccccn1. The van der Waals surface area contributed by atoms with Crippen LogP contribution in [0.3, 0.4) is 0 Å². The number of hydrogen-bond acceptors (Lipinski definition) is 4. The predicted octanol–water partition coefficient (Wildman–Crippen LogP) is 0.104. The van der Waals surface area contributed by atoms with E-state index in [-0.39, 0.29) is 12.0 Å². The van der Waals surface area contributed by atoms with E-state index in [9.17, 15) is 4.79 Å². The second-order valence-electron chi connectivity index (χ2n) is 3.72. The molecule has 0 spiro atoms. The van der Waals surface area contributed by atoms with Crippen LogP contribution in [0.4, 0.5) is 0 Å². The Morgan fingerprint density at radius 3 is 3.00 bits per heavy atom. The average molecular weight is 237 g/mol. The van der Waals surface area contributed by atoms with Gasteiger partial charge < -0.3 is 15.8 Å². The Morgan fingerprint density at radius 1 is 1.59 bits per heavy atom. The van der Waals surface area contributed by atoms with Gasteiger partial charge in [-0.3, -0.25) is 9.78 Å². The van der Waals surface area contributed by atoms with Crippen molar-refractivity contribution in [3.8, 4) is 0 Å². The molecule has 0 saturated carbocycles. The number of methoxy groups -OCH3 is 1. The number of rotatable bonds is 7. The quantitative estimate of drug-likeness (QED) is 0.705. The molecule has 17 heavy (non-hydrogen) atoms. The number of carbonyl (C=O) groups excluding carboxylic acids is 1. The summed E-state index contributed by atoms with van der Waals surface area (Å²) in [6.45, 7) is 0.932. The smallest absolute Gasteiger partial charge is 0.222 e. The Balaban J connectivity index is 2.20. The molecule has 1 rings (SSSR count). The van der Waals surface area contributed by atoms with E-state index in [2.05, 4.69) is 10.3 Å². The lowest BCUT2D eigenvalue weighted by molar-refractivity contribution is -0.123. The molecule has 94 valence electrons. The Bertz CT molecular complexity index is 326. The normalized spacial score (nSPS) is 12.1. The van der Waals surface area contributed by atoms with E-state index in [0.717, 1.165) is 12.1 Å². The number of aromatic nitrogens is 1. The number of nitrogens with zero attached hydrogens (tertiary/aromatic N) is 1. The minimum atomic E-state index is -0.204. The maximum Gasteiger partial charge on any atom is 0.222 e. The molecule has 0 saturated heterocycles. The zero-order valence-electron chi connectivity index (χ0n) is 10.1. The summed E-state index contributed by atoms with van der Waals surface area (Å²) in [6, 6.07) is 5.73. The van der Waals surface area contributed by atoms with Gasteiger partial charge in [0.05, 0.1) is 12.5 Å². The molecule has 0 fully saturated rings. The molecule has 0 bridgehead atoms. The summed E-state index contributed by atoms with van der Waals surface area (Å²) in [5.74, 6) is -0.0433. The average Bonchev–Trinajstić information content (AvgIpc) is 2.37. The van der Waals surface area contributed by atoms with Gasteiger partial charge in [0, 0.05) is 38.5 Å². The lowest BCUT2D eigenvalue weighted by Gasteiger charge is -2.12. The van der Waals surface area contributed by atoms with Crippen LogP contribution in [0, 0.1) is 0 Å². The highest BCUT2D eigenvalue weighted by Crippen LogP contribution is 1.96. The van der Waals surface area contributed by atoms with Crippen molar-refractivity contribution in [2.24, 2.45) is 5.73 Å². The second kappa shape index (κ2) is 7.76. The van der Waals surface area contributed by atoms with Gasteiger partial charge in [-0.1, -0.05) is 6.07 Å². The number of nitrogens with one attached hydrogen (secondary N) is 1. The minimum absolute atomic E-state index is 0.0433. The summed E-state index contributed by atoms with van der Waals surface area (Å²) in [4.78, 5) is 15.7. The van der Waals surface area contributed by atoms with E-state index in [0.29, 0.717) is 19.5 Å². The largest absolute Gasteiger partial charge is 0.380 e. The monoisotopic (exact) mass is 237 g/mol. The van der Waals surface area contributed by atoms with Crippen LogP contribution in [-0.4, -0.2) is 37.2 Å². The number of nitrogens with two attached hydrogens (primary N) is 1. The van der Waals surface area contributed by atoms with Crippen LogP contribution < -0.4 is 11.1 Å². The summed E-state index contributed by atoms with van der Waals surface area (Å²) in [5, 5.41) is 2.82. The summed E-state index contributed by atoms with van der Waals surface area (Å²) in [5.41, 5.74) is 6.40. The highest BCUT2D eigenvalue weighted by atomic mass is 16.5. The van der Waals surface area contributed by atoms with E-state index in [1.807, 2.05) is 18.2 Å². The first-order valence-corrected chi connectivity index (χ1v) is 5.65. The lowest BCUT2D eigenvalue weighted by atomic mass is 10.2. The summed E-state index contributed by atoms with van der Waals surface area (Å²) in [6.07, 6.45) is 2.57. The van der Waals surface area contributed by atoms with Crippen LogP contribution in [0.25, 0.3) is 0 Å². The number of pyridine rings is 1. The van der Waals surface area contributed by atoms with E-state index >= 15 is 0 Å². The third-order valence-electron chi connectivity index (χ3n) is 2.44. The number of ether oxygens (including phenoxy) is 1. The number of carbonyl (C=O) groups is 1. The molecule has 0 aliphatic carbocycles. The first-order chi connectivity index (χ1) is 8.26. The van der Waals surface area contributed by atoms with Crippen molar-refractivity contribution in [3.63, 3.8) is 0 Å². The second-order valence-corrected chi connectivity index (χ2v) is 3.72. The van der Waals surface area contributed by atoms with Crippen LogP contribution in [0.2, 0.25) is 0 Å². The molecule has 1 unspecified atom stereocenters. The number of amides is 1. The molecular formula is C12H19N3O2. The number of hydrogen-bond donors (Lipinski definition) is 2. The first kappa shape index (κ1) is 13.6. The van der Waals surface area contributed by atoms with Gasteiger partial charge in [-0.05, 0) is 12.1 Å². The maximum atomic E-state index is 11.5. The van der Waals surface area contributed by atoms with Gasteiger partial charge in [-0.2, -0.15) is 0 Å². The van der Waals surface area contributed by atoms with Gasteiger partial charge in [-0.15, -0.1) is 0 Å². The molecule has 0 radical (unpaired) electrons. The third-order valence-corrected chi connectivity index (χ3v) is 2.44. The van der Waals surface area contributed by atoms with Crippen LogP contribution >= 0.6 is 0 Å². The Kier molecular flexibility index (Phi) is 6.21. The fourth-order valence-corrected chi connectivity index (χ4v) is 1.42. The minimum Gasteiger partial charge on any atom is -0.380 e. The molecule has 1 aromatic heterocycles. The van der Waals surface area contributed by atoms with Crippen molar-refractivity contribution in [1.82, 2.24) is 10.3 Å². The van der Waals surface area contributed by atoms with Gasteiger partial charge in [0.1, 0.15) is 0 Å². The molecular weight excluding hydrogens is 218 g/mol. The zero-order valence-corrected chi connectivity index (χ0v) is 10.1. The summed E-state index contributed by atoms with van der Waals surface area (Å²) >= 11 is 0. The zero-order chi connectivity index (χ0) is 12.5. The van der Waals surface area contributed by atoms with Gasteiger partial charge in [-0.25, -0.2) is 0 Å². The van der Waals surface area contributed by atoms with Crippen molar-refractivity contribution in [2.45, 2.75) is 18.9 Å². The molecule has 0 aromatic carbocycles. The Hall–Kier alpha value is -1.46. The maximum absolute atomic E-state index is 11.5. The summed E-state index contributed by atoms with van der Waals surface area (Å²) in [7, 11) is 1.55. The van der Waals surface area contributed by atoms with Crippen LogP contribution in [0.5, 0.6) is 0 Å². The molecule has 1 amide bonds. The Morgan fingerprint density at radius 2 is 2.41 bits per heavy atom. The van der Waals surface area contributed by atoms with Gasteiger partial charge >= 0.3 is 0 Å². The fraction of sp³-hybridized carbons (Fsp3) is 0.500. The van der Waals surface area contributed by atoms with E-state index in [4.69, 9.17) is 10.5 Å². The predicted molar refractivity (Wildman–Crippen MR) is 65.4 cm³/mol. The molecule has 0 aliphatic heterocycles. The van der Waals surface area contributed by atoms with Gasteiger partial charge in [0.25, 0.3) is 0 Å². The molecule has 1 atom stereocenters. The molecule has 5 nitrogen and oxygen atoms in total. The van der Waals surface area contributed by atoms with E-state index < -0.39 is 0 Å². The summed E-state index contributed by atoms with van der Waals surface area (Å²) < 4.78 is 5.04. The molecule has 1 aromatic rings. The van der Waals surface area contributed by atoms with Crippen LogP contribution in [0.1, 0.15) is 12.1 Å². The standard InChI is InChI=1S/C12H19N3O2/c1-17-11(9-13)8-12(16)15-7-5-10-4-2-3-6-14-10/h2-4,6,11H,5,7-9,13H2,1H3,(H,15,16). The van der Waals surface area contributed by atoms with Crippen molar-refractivity contribution in [1.29, 1.82) is 0 Å². The highest BCUT2D eigenvalue weighted by molar-refractivity contribution is 5.76. The first-order valence-electron chi connectivity index (χ1n) is 5.65. The van der Waals surface area contributed by atoms with Crippen LogP contribution in [0.15, 0.2) is 24.4 Å². The van der Waals surface area contributed by atoms with Crippen molar-refractivity contribution in [3.05, 3.63) is 30.1 Å². The highest BCUT2D eigenvalue weighted by Gasteiger charge is 2.10. The topological polar surface area (TPSA) is 77.2 Å². The Labute approximate surface area is 101 Å². The molecule has 3 N–H and O–H groups in total. The fourth-order valence-electron chi connectivity index (χ4n) is 1.42. The van der Waals surface area contributed by atoms with Crippen molar-refractivity contribution in [2.75, 3.05) is 20.2 Å². The van der Waals surface area contributed by atoms with E-state index in [1.54, 1.807) is 13.3 Å². The molecule has 1 heterocycles. The van der Waals surface area contributed by atoms with Crippen LogP contribution in [-0.2, 0) is 16.0 Å². The molecule has 0 aliphatic rings. The van der Waals surface area contributed by atoms with Crippen molar-refractivity contribution >= 4 is 5.91 Å².